The number of piperidine rings is 1. The molecule has 2 aliphatic heterocycles. The Morgan fingerprint density at radius 3 is 2.60 bits per heavy atom. The summed E-state index contributed by atoms with van der Waals surface area (Å²) in [5.74, 6) is 0.432. The van der Waals surface area contributed by atoms with Crippen LogP contribution in [0.2, 0.25) is 0 Å². The first-order chi connectivity index (χ1) is 9.75. The summed E-state index contributed by atoms with van der Waals surface area (Å²) in [6.07, 6.45) is 5.41. The van der Waals surface area contributed by atoms with Crippen LogP contribution in [0, 0.1) is 0 Å². The molecule has 2 aliphatic rings. The highest BCUT2D eigenvalue weighted by atomic mass is 16.3. The van der Waals surface area contributed by atoms with Gasteiger partial charge in [0.05, 0.1) is 0 Å². The fourth-order valence-corrected chi connectivity index (χ4v) is 3.74. The monoisotopic (exact) mass is 274 g/mol. The number of hydrogen-bond donors (Lipinski definition) is 1. The van der Waals surface area contributed by atoms with E-state index in [1.807, 2.05) is 18.2 Å². The van der Waals surface area contributed by atoms with E-state index in [1.54, 1.807) is 6.07 Å². The van der Waals surface area contributed by atoms with Crippen molar-refractivity contribution < 1.29 is 5.11 Å². The summed E-state index contributed by atoms with van der Waals surface area (Å²) in [4.78, 5) is 5.20. The molecule has 1 N–H and O–H groups in total. The lowest BCUT2D eigenvalue weighted by Gasteiger charge is -2.33. The van der Waals surface area contributed by atoms with Gasteiger partial charge in [-0.3, -0.25) is 9.80 Å². The maximum Gasteiger partial charge on any atom is 0.120 e. The Labute approximate surface area is 122 Å². The minimum absolute atomic E-state index is 0.311. The molecule has 0 spiro atoms. The molecule has 3 nitrogen and oxygen atoms in total. The summed E-state index contributed by atoms with van der Waals surface area (Å²) in [5, 5.41) is 10.0. The number of aromatic hydroxyl groups is 1. The molecule has 2 heterocycles. The van der Waals surface area contributed by atoms with Gasteiger partial charge in [0.15, 0.2) is 0 Å². The Hall–Kier alpha value is -1.06. The molecule has 2 atom stereocenters. The Bertz CT molecular complexity index is 442. The van der Waals surface area contributed by atoms with Gasteiger partial charge in [0.2, 0.25) is 0 Å². The SMILES string of the molecule is CC(c1ccccc1O)N1CCC(N2CCCCC2)C1. The van der Waals surface area contributed by atoms with E-state index in [-0.39, 0.29) is 0 Å². The number of benzene rings is 1. The summed E-state index contributed by atoms with van der Waals surface area (Å²) >= 11 is 0. The average Bonchev–Trinajstić information content (AvgIpc) is 2.98. The normalized spacial score (nSPS) is 26.8. The molecule has 3 heteroatoms. The first kappa shape index (κ1) is 13.9. The van der Waals surface area contributed by atoms with Gasteiger partial charge in [-0.1, -0.05) is 24.6 Å². The maximum atomic E-state index is 10.0. The maximum absolute atomic E-state index is 10.0. The molecule has 20 heavy (non-hydrogen) atoms. The highest BCUT2D eigenvalue weighted by Gasteiger charge is 2.31. The van der Waals surface area contributed by atoms with Crippen molar-refractivity contribution in [2.75, 3.05) is 26.2 Å². The van der Waals surface area contributed by atoms with Crippen LogP contribution in [-0.2, 0) is 0 Å². The van der Waals surface area contributed by atoms with Crippen LogP contribution in [0.15, 0.2) is 24.3 Å². The van der Waals surface area contributed by atoms with Crippen LogP contribution in [0.25, 0.3) is 0 Å². The van der Waals surface area contributed by atoms with Gasteiger partial charge in [0.1, 0.15) is 5.75 Å². The third kappa shape index (κ3) is 2.84. The molecule has 3 rings (SSSR count). The van der Waals surface area contributed by atoms with Gasteiger partial charge in [-0.25, -0.2) is 0 Å². The van der Waals surface area contributed by atoms with Crippen molar-refractivity contribution in [2.45, 2.75) is 44.7 Å². The minimum Gasteiger partial charge on any atom is -0.508 e. The van der Waals surface area contributed by atoms with Gasteiger partial charge in [0, 0.05) is 30.7 Å². The fourth-order valence-electron chi connectivity index (χ4n) is 3.74. The Balaban J connectivity index is 1.63. The van der Waals surface area contributed by atoms with Crippen molar-refractivity contribution in [1.29, 1.82) is 0 Å². The molecule has 0 bridgehead atoms. The van der Waals surface area contributed by atoms with Gasteiger partial charge in [-0.2, -0.15) is 0 Å². The number of phenols is 1. The number of para-hydroxylation sites is 1. The molecule has 2 unspecified atom stereocenters. The van der Waals surface area contributed by atoms with E-state index in [9.17, 15) is 5.11 Å². The first-order valence-electron chi connectivity index (χ1n) is 8.01. The smallest absolute Gasteiger partial charge is 0.120 e. The van der Waals surface area contributed by atoms with E-state index >= 15 is 0 Å². The molecule has 0 saturated carbocycles. The molecule has 1 aromatic rings. The predicted molar refractivity (Wildman–Crippen MR) is 81.9 cm³/mol. The van der Waals surface area contributed by atoms with Crippen molar-refractivity contribution in [2.24, 2.45) is 0 Å². The highest BCUT2D eigenvalue weighted by Crippen LogP contribution is 2.32. The van der Waals surface area contributed by atoms with Gasteiger partial charge in [-0.15, -0.1) is 0 Å². The molecule has 110 valence electrons. The van der Waals surface area contributed by atoms with Crippen LogP contribution in [0.5, 0.6) is 5.75 Å². The number of rotatable bonds is 3. The third-order valence-corrected chi connectivity index (χ3v) is 5.04. The van der Waals surface area contributed by atoms with Crippen molar-refractivity contribution in [3.05, 3.63) is 29.8 Å². The van der Waals surface area contributed by atoms with Crippen LogP contribution < -0.4 is 0 Å². The van der Waals surface area contributed by atoms with Crippen LogP contribution in [0.3, 0.4) is 0 Å². The summed E-state index contributed by atoms with van der Waals surface area (Å²) in [6.45, 7) is 7.08. The molecule has 0 amide bonds. The largest absolute Gasteiger partial charge is 0.508 e. The molecule has 0 aromatic heterocycles. The quantitative estimate of drug-likeness (QED) is 0.918. The second-order valence-electron chi connectivity index (χ2n) is 6.27. The second kappa shape index (κ2) is 6.15. The molecular weight excluding hydrogens is 248 g/mol. The van der Waals surface area contributed by atoms with E-state index in [0.29, 0.717) is 11.8 Å². The molecule has 0 radical (unpaired) electrons. The standard InChI is InChI=1S/C17H26N2O/c1-14(16-7-3-4-8-17(16)20)19-12-9-15(13-19)18-10-5-2-6-11-18/h3-4,7-8,14-15,20H,2,5-6,9-13H2,1H3. The van der Waals surface area contributed by atoms with Crippen LogP contribution in [-0.4, -0.2) is 47.1 Å². The molecule has 2 fully saturated rings. The van der Waals surface area contributed by atoms with E-state index in [4.69, 9.17) is 0 Å². The summed E-state index contributed by atoms with van der Waals surface area (Å²) in [5.41, 5.74) is 1.06. The van der Waals surface area contributed by atoms with Crippen molar-refractivity contribution >= 4 is 0 Å². The zero-order valence-corrected chi connectivity index (χ0v) is 12.5. The van der Waals surface area contributed by atoms with E-state index in [1.165, 1.54) is 38.8 Å². The Kier molecular flexibility index (Phi) is 4.27. The second-order valence-corrected chi connectivity index (χ2v) is 6.27. The summed E-state index contributed by atoms with van der Waals surface area (Å²) < 4.78 is 0. The Morgan fingerprint density at radius 2 is 1.85 bits per heavy atom. The zero-order valence-electron chi connectivity index (χ0n) is 12.5. The minimum atomic E-state index is 0.311. The lowest BCUT2D eigenvalue weighted by atomic mass is 10.1. The number of phenolic OH excluding ortho intramolecular Hbond substituents is 1. The van der Waals surface area contributed by atoms with E-state index in [0.717, 1.165) is 24.7 Å². The third-order valence-electron chi connectivity index (χ3n) is 5.04. The number of nitrogens with zero attached hydrogens (tertiary/aromatic N) is 2. The van der Waals surface area contributed by atoms with Crippen LogP contribution in [0.4, 0.5) is 0 Å². The van der Waals surface area contributed by atoms with E-state index < -0.39 is 0 Å². The van der Waals surface area contributed by atoms with Crippen LogP contribution in [0.1, 0.15) is 44.2 Å². The van der Waals surface area contributed by atoms with Crippen molar-refractivity contribution in [1.82, 2.24) is 9.80 Å². The van der Waals surface area contributed by atoms with Gasteiger partial charge < -0.3 is 5.11 Å². The predicted octanol–water partition coefficient (Wildman–Crippen LogP) is 3.01. The van der Waals surface area contributed by atoms with Gasteiger partial charge >= 0.3 is 0 Å². The van der Waals surface area contributed by atoms with Crippen LogP contribution >= 0.6 is 0 Å². The average molecular weight is 274 g/mol. The fraction of sp³-hybridized carbons (Fsp3) is 0.647. The molecule has 0 aliphatic carbocycles. The molecule has 1 aromatic carbocycles. The van der Waals surface area contributed by atoms with Gasteiger partial charge in [-0.05, 0) is 45.3 Å². The highest BCUT2D eigenvalue weighted by molar-refractivity contribution is 5.34. The molecular formula is C17H26N2O. The van der Waals surface area contributed by atoms with Crippen molar-refractivity contribution in [3.8, 4) is 5.75 Å². The number of likely N-dealkylation sites (tertiary alicyclic amines) is 2. The lowest BCUT2D eigenvalue weighted by Crippen LogP contribution is -2.41. The molecule has 2 saturated heterocycles. The Morgan fingerprint density at radius 1 is 1.10 bits per heavy atom. The summed E-state index contributed by atoms with van der Waals surface area (Å²) in [7, 11) is 0. The first-order valence-corrected chi connectivity index (χ1v) is 8.01. The topological polar surface area (TPSA) is 26.7 Å². The van der Waals surface area contributed by atoms with E-state index in [2.05, 4.69) is 16.7 Å². The summed E-state index contributed by atoms with van der Waals surface area (Å²) in [6, 6.07) is 8.79. The van der Waals surface area contributed by atoms with Gasteiger partial charge in [0.25, 0.3) is 0 Å². The zero-order chi connectivity index (χ0) is 13.9. The lowest BCUT2D eigenvalue weighted by molar-refractivity contribution is 0.154. The number of hydrogen-bond acceptors (Lipinski definition) is 3. The van der Waals surface area contributed by atoms with Crippen molar-refractivity contribution in [3.63, 3.8) is 0 Å².